The van der Waals surface area contributed by atoms with Crippen molar-refractivity contribution < 1.29 is 18.3 Å². The summed E-state index contributed by atoms with van der Waals surface area (Å²) in [5.74, 6) is 0.157. The van der Waals surface area contributed by atoms with E-state index in [1.165, 1.54) is 18.2 Å². The molecule has 0 saturated carbocycles. The molecule has 0 aliphatic heterocycles. The lowest BCUT2D eigenvalue weighted by Gasteiger charge is -2.09. The molecule has 0 fully saturated rings. The van der Waals surface area contributed by atoms with E-state index in [-0.39, 0.29) is 11.7 Å². The first kappa shape index (κ1) is 20.3. The fraction of sp³-hybridized carbons (Fsp3) is 0.0833. The molecule has 0 aliphatic rings. The average molecular weight is 419 g/mol. The largest absolute Gasteiger partial charge is 0.435 e. The molecule has 3 aromatic carbocycles. The van der Waals surface area contributed by atoms with Crippen molar-refractivity contribution in [1.82, 2.24) is 9.55 Å². The molecular formula is C24H19F2N3O2. The number of alkyl halides is 2. The fourth-order valence-electron chi connectivity index (χ4n) is 3.18. The number of fused-ring (bicyclic) bond motifs is 1. The minimum atomic E-state index is -2.87. The first-order valence-corrected chi connectivity index (χ1v) is 9.61. The lowest BCUT2D eigenvalue weighted by molar-refractivity contribution is -0.111. The number of nitrogens with one attached hydrogen (secondary N) is 1. The molecule has 1 amide bonds. The highest BCUT2D eigenvalue weighted by molar-refractivity contribution is 6.01. The summed E-state index contributed by atoms with van der Waals surface area (Å²) in [6.45, 7) is -2.31. The van der Waals surface area contributed by atoms with Crippen molar-refractivity contribution in [3.05, 3.63) is 96.1 Å². The SMILES string of the molecule is O=C(C=Cc1ccc(OC(F)F)cc1)Nc1nc2ccccc2n1Cc1ccccc1. The molecule has 0 atom stereocenters. The van der Waals surface area contributed by atoms with Crippen LogP contribution in [0.1, 0.15) is 11.1 Å². The third kappa shape index (κ3) is 5.14. The number of carbonyl (C=O) groups excluding carboxylic acids is 1. The van der Waals surface area contributed by atoms with Crippen LogP contribution in [0, 0.1) is 0 Å². The summed E-state index contributed by atoms with van der Waals surface area (Å²) < 4.78 is 30.7. The van der Waals surface area contributed by atoms with Crippen LogP contribution >= 0.6 is 0 Å². The number of aromatic nitrogens is 2. The standard InChI is InChI=1S/C24H19F2N3O2/c25-23(26)31-19-13-10-17(11-14-19)12-15-22(30)28-24-27-20-8-4-5-9-21(20)29(24)16-18-6-2-1-3-7-18/h1-15,23H,16H2,(H,27,28,30). The van der Waals surface area contributed by atoms with Crippen LogP contribution in [0.15, 0.2) is 84.9 Å². The number of hydrogen-bond acceptors (Lipinski definition) is 3. The first-order valence-electron chi connectivity index (χ1n) is 9.61. The van der Waals surface area contributed by atoms with E-state index in [0.29, 0.717) is 18.1 Å². The van der Waals surface area contributed by atoms with E-state index in [2.05, 4.69) is 15.0 Å². The number of halogens is 2. The summed E-state index contributed by atoms with van der Waals surface area (Å²) in [6, 6.07) is 23.6. The smallest absolute Gasteiger partial charge is 0.387 e. The van der Waals surface area contributed by atoms with Crippen LogP contribution in [-0.2, 0) is 11.3 Å². The molecule has 0 unspecified atom stereocenters. The van der Waals surface area contributed by atoms with Crippen molar-refractivity contribution in [3.8, 4) is 5.75 Å². The monoisotopic (exact) mass is 419 g/mol. The minimum Gasteiger partial charge on any atom is -0.435 e. The first-order chi connectivity index (χ1) is 15.1. The number of amides is 1. The molecule has 7 heteroatoms. The number of imidazole rings is 1. The van der Waals surface area contributed by atoms with E-state index in [0.717, 1.165) is 16.6 Å². The number of ether oxygens (including phenoxy) is 1. The van der Waals surface area contributed by atoms with Crippen LogP contribution in [0.3, 0.4) is 0 Å². The lowest BCUT2D eigenvalue weighted by Crippen LogP contribution is -2.14. The van der Waals surface area contributed by atoms with E-state index in [1.54, 1.807) is 18.2 Å². The Balaban J connectivity index is 1.52. The summed E-state index contributed by atoms with van der Waals surface area (Å²) in [5.41, 5.74) is 3.46. The molecule has 0 spiro atoms. The summed E-state index contributed by atoms with van der Waals surface area (Å²) >= 11 is 0. The number of benzene rings is 3. The number of rotatable bonds is 7. The topological polar surface area (TPSA) is 56.1 Å². The Morgan fingerprint density at radius 1 is 1.00 bits per heavy atom. The van der Waals surface area contributed by atoms with Gasteiger partial charge >= 0.3 is 6.61 Å². The van der Waals surface area contributed by atoms with Gasteiger partial charge in [0.05, 0.1) is 17.6 Å². The lowest BCUT2D eigenvalue weighted by atomic mass is 10.2. The van der Waals surface area contributed by atoms with Crippen LogP contribution in [-0.4, -0.2) is 22.1 Å². The van der Waals surface area contributed by atoms with Crippen molar-refractivity contribution >= 4 is 29.0 Å². The molecule has 4 aromatic rings. The molecule has 31 heavy (non-hydrogen) atoms. The fourth-order valence-corrected chi connectivity index (χ4v) is 3.18. The molecule has 1 heterocycles. The Morgan fingerprint density at radius 2 is 1.71 bits per heavy atom. The van der Waals surface area contributed by atoms with Crippen molar-refractivity contribution in [2.75, 3.05) is 5.32 Å². The van der Waals surface area contributed by atoms with Crippen LogP contribution in [0.4, 0.5) is 14.7 Å². The van der Waals surface area contributed by atoms with Gasteiger partial charge in [0.25, 0.3) is 5.91 Å². The zero-order valence-electron chi connectivity index (χ0n) is 16.4. The van der Waals surface area contributed by atoms with Gasteiger partial charge in [-0.1, -0.05) is 54.6 Å². The number of carbonyl (C=O) groups is 1. The van der Waals surface area contributed by atoms with Crippen LogP contribution in [0.25, 0.3) is 17.1 Å². The number of nitrogens with zero attached hydrogens (tertiary/aromatic N) is 2. The maximum atomic E-state index is 12.5. The number of hydrogen-bond donors (Lipinski definition) is 1. The zero-order valence-corrected chi connectivity index (χ0v) is 16.4. The Bertz CT molecular complexity index is 1200. The second-order valence-electron chi connectivity index (χ2n) is 6.77. The summed E-state index contributed by atoms with van der Waals surface area (Å²) in [4.78, 5) is 17.1. The maximum Gasteiger partial charge on any atom is 0.387 e. The summed E-state index contributed by atoms with van der Waals surface area (Å²) in [7, 11) is 0. The summed E-state index contributed by atoms with van der Waals surface area (Å²) in [5, 5.41) is 2.83. The van der Waals surface area contributed by atoms with E-state index in [9.17, 15) is 13.6 Å². The van der Waals surface area contributed by atoms with Gasteiger partial charge in [0.1, 0.15) is 5.75 Å². The Labute approximate surface area is 177 Å². The summed E-state index contributed by atoms with van der Waals surface area (Å²) in [6.07, 6.45) is 2.96. The highest BCUT2D eigenvalue weighted by Gasteiger charge is 2.12. The van der Waals surface area contributed by atoms with Crippen LogP contribution in [0.5, 0.6) is 5.75 Å². The predicted molar refractivity (Wildman–Crippen MR) is 116 cm³/mol. The maximum absolute atomic E-state index is 12.5. The zero-order chi connectivity index (χ0) is 21.6. The van der Waals surface area contributed by atoms with Crippen molar-refractivity contribution in [2.45, 2.75) is 13.2 Å². The Hall–Kier alpha value is -4.00. The Morgan fingerprint density at radius 3 is 2.45 bits per heavy atom. The third-order valence-corrected chi connectivity index (χ3v) is 4.61. The van der Waals surface area contributed by atoms with Gasteiger partial charge in [0.15, 0.2) is 0 Å². The van der Waals surface area contributed by atoms with Gasteiger partial charge in [-0.05, 0) is 41.5 Å². The van der Waals surface area contributed by atoms with Gasteiger partial charge in [-0.15, -0.1) is 0 Å². The second-order valence-corrected chi connectivity index (χ2v) is 6.77. The van der Waals surface area contributed by atoms with Crippen LogP contribution < -0.4 is 10.1 Å². The molecule has 0 saturated heterocycles. The van der Waals surface area contributed by atoms with E-state index < -0.39 is 6.61 Å². The molecule has 0 bridgehead atoms. The van der Waals surface area contributed by atoms with Crippen LogP contribution in [0.2, 0.25) is 0 Å². The van der Waals surface area contributed by atoms with Crippen molar-refractivity contribution in [3.63, 3.8) is 0 Å². The van der Waals surface area contributed by atoms with Gasteiger partial charge in [-0.2, -0.15) is 8.78 Å². The quantitative estimate of drug-likeness (QED) is 0.412. The van der Waals surface area contributed by atoms with Gasteiger partial charge in [-0.3, -0.25) is 10.1 Å². The molecule has 1 N–H and O–H groups in total. The van der Waals surface area contributed by atoms with Gasteiger partial charge < -0.3 is 9.30 Å². The van der Waals surface area contributed by atoms with Gasteiger partial charge in [0.2, 0.25) is 5.95 Å². The van der Waals surface area contributed by atoms with Crippen molar-refractivity contribution in [2.24, 2.45) is 0 Å². The van der Waals surface area contributed by atoms with E-state index in [1.807, 2.05) is 59.2 Å². The molecular weight excluding hydrogens is 400 g/mol. The predicted octanol–water partition coefficient (Wildman–Crippen LogP) is 5.34. The van der Waals surface area contributed by atoms with E-state index >= 15 is 0 Å². The normalized spacial score (nSPS) is 11.3. The molecule has 0 aliphatic carbocycles. The van der Waals surface area contributed by atoms with Gasteiger partial charge in [0, 0.05) is 6.08 Å². The van der Waals surface area contributed by atoms with E-state index in [4.69, 9.17) is 0 Å². The van der Waals surface area contributed by atoms with Gasteiger partial charge in [-0.25, -0.2) is 4.98 Å². The molecule has 0 radical (unpaired) electrons. The number of para-hydroxylation sites is 2. The minimum absolute atomic E-state index is 0.0613. The highest BCUT2D eigenvalue weighted by atomic mass is 19.3. The molecule has 1 aromatic heterocycles. The Kier molecular flexibility index (Phi) is 6.03. The average Bonchev–Trinajstić information content (AvgIpc) is 3.10. The third-order valence-electron chi connectivity index (χ3n) is 4.61. The number of anilines is 1. The molecule has 4 rings (SSSR count). The molecule has 5 nitrogen and oxygen atoms in total. The molecule has 156 valence electrons. The highest BCUT2D eigenvalue weighted by Crippen LogP contribution is 2.21. The van der Waals surface area contributed by atoms with Crippen molar-refractivity contribution in [1.29, 1.82) is 0 Å². The second kappa shape index (κ2) is 9.21.